The van der Waals surface area contributed by atoms with Crippen LogP contribution in [0.25, 0.3) is 0 Å². The predicted octanol–water partition coefficient (Wildman–Crippen LogP) is 4.12. The van der Waals surface area contributed by atoms with Crippen LogP contribution in [0.1, 0.15) is 16.1 Å². The Kier molecular flexibility index (Phi) is 4.72. The highest BCUT2D eigenvalue weighted by Crippen LogP contribution is 2.34. The lowest BCUT2D eigenvalue weighted by molar-refractivity contribution is 0.0661. The zero-order valence-electron chi connectivity index (χ0n) is 10.4. The molecule has 0 spiro atoms. The molecule has 0 unspecified atom stereocenters. The Balaban J connectivity index is 2.18. The number of furan rings is 1. The van der Waals surface area contributed by atoms with Crippen molar-refractivity contribution in [1.82, 2.24) is 0 Å². The third-order valence-corrected chi connectivity index (χ3v) is 3.93. The summed E-state index contributed by atoms with van der Waals surface area (Å²) in [6.45, 7) is 0.335. The number of carbonyl (C=O) groups is 1. The molecule has 5 nitrogen and oxygen atoms in total. The van der Waals surface area contributed by atoms with E-state index in [1.165, 1.54) is 6.26 Å². The Labute approximate surface area is 132 Å². The van der Waals surface area contributed by atoms with E-state index in [0.717, 1.165) is 14.6 Å². The molecule has 0 bridgehead atoms. The van der Waals surface area contributed by atoms with Crippen molar-refractivity contribution in [2.75, 3.05) is 12.4 Å². The highest BCUT2D eigenvalue weighted by atomic mass is 79.9. The van der Waals surface area contributed by atoms with E-state index in [0.29, 0.717) is 17.9 Å². The molecule has 0 amide bonds. The monoisotopic (exact) mass is 403 g/mol. The fourth-order valence-corrected chi connectivity index (χ4v) is 2.97. The second-order valence-electron chi connectivity index (χ2n) is 3.90. The van der Waals surface area contributed by atoms with Gasteiger partial charge in [-0.25, -0.2) is 4.79 Å². The second-order valence-corrected chi connectivity index (χ2v) is 5.61. The first-order valence-electron chi connectivity index (χ1n) is 5.59. The molecule has 1 heterocycles. The van der Waals surface area contributed by atoms with Crippen molar-refractivity contribution in [3.05, 3.63) is 44.7 Å². The van der Waals surface area contributed by atoms with Gasteiger partial charge in [-0.15, -0.1) is 0 Å². The predicted molar refractivity (Wildman–Crippen MR) is 81.4 cm³/mol. The molecule has 2 N–H and O–H groups in total. The second kappa shape index (κ2) is 6.32. The molecule has 0 saturated carbocycles. The minimum absolute atomic E-state index is 0.0577. The standard InChI is InChI=1S/C13H11Br2NO4/c1-19-11-5-10(8(14)4-9(11)15)16-6-7-2-3-20-12(7)13(17)18/h2-5,16H,6H2,1H3,(H,17,18). The Morgan fingerprint density at radius 2 is 2.15 bits per heavy atom. The van der Waals surface area contributed by atoms with Crippen LogP contribution in [0.3, 0.4) is 0 Å². The van der Waals surface area contributed by atoms with Crippen molar-refractivity contribution < 1.29 is 19.1 Å². The molecular weight excluding hydrogens is 394 g/mol. The number of aromatic carboxylic acids is 1. The van der Waals surface area contributed by atoms with Crippen molar-refractivity contribution in [3.63, 3.8) is 0 Å². The number of carboxylic acids is 1. The summed E-state index contributed by atoms with van der Waals surface area (Å²) in [5.74, 6) is -0.460. The van der Waals surface area contributed by atoms with Gasteiger partial charge < -0.3 is 19.6 Å². The molecule has 106 valence electrons. The molecule has 1 aromatic heterocycles. The number of rotatable bonds is 5. The van der Waals surface area contributed by atoms with Crippen LogP contribution in [0.4, 0.5) is 5.69 Å². The molecule has 2 aromatic rings. The van der Waals surface area contributed by atoms with Crippen LogP contribution in [0, 0.1) is 0 Å². The largest absolute Gasteiger partial charge is 0.495 e. The van der Waals surface area contributed by atoms with Gasteiger partial charge in [-0.3, -0.25) is 0 Å². The molecule has 0 aliphatic carbocycles. The molecule has 0 aliphatic heterocycles. The molecule has 1 aromatic carbocycles. The average Bonchev–Trinajstić information content (AvgIpc) is 2.86. The van der Waals surface area contributed by atoms with Crippen LogP contribution in [0.2, 0.25) is 0 Å². The van der Waals surface area contributed by atoms with Gasteiger partial charge in [0, 0.05) is 22.6 Å². The molecule has 0 radical (unpaired) electrons. The van der Waals surface area contributed by atoms with E-state index in [9.17, 15) is 4.79 Å². The Bertz CT molecular complexity index is 639. The zero-order valence-corrected chi connectivity index (χ0v) is 13.6. The smallest absolute Gasteiger partial charge is 0.372 e. The molecule has 20 heavy (non-hydrogen) atoms. The highest BCUT2D eigenvalue weighted by Gasteiger charge is 2.14. The first-order valence-corrected chi connectivity index (χ1v) is 7.18. The fourth-order valence-electron chi connectivity index (χ4n) is 1.67. The highest BCUT2D eigenvalue weighted by molar-refractivity contribution is 9.11. The summed E-state index contributed by atoms with van der Waals surface area (Å²) >= 11 is 6.82. The van der Waals surface area contributed by atoms with Gasteiger partial charge in [0.1, 0.15) is 5.75 Å². The molecule has 0 saturated heterocycles. The number of carboxylic acid groups (broad SMARTS) is 1. The Morgan fingerprint density at radius 3 is 2.80 bits per heavy atom. The van der Waals surface area contributed by atoms with Crippen molar-refractivity contribution >= 4 is 43.5 Å². The lowest BCUT2D eigenvalue weighted by Gasteiger charge is -2.11. The van der Waals surface area contributed by atoms with E-state index in [2.05, 4.69) is 37.2 Å². The van der Waals surface area contributed by atoms with Gasteiger partial charge in [0.2, 0.25) is 5.76 Å². The lowest BCUT2D eigenvalue weighted by atomic mass is 10.2. The molecule has 7 heteroatoms. The number of hydrogen-bond donors (Lipinski definition) is 2. The number of halogens is 2. The summed E-state index contributed by atoms with van der Waals surface area (Å²) in [6, 6.07) is 5.30. The normalized spacial score (nSPS) is 10.3. The first-order chi connectivity index (χ1) is 9.52. The third kappa shape index (κ3) is 3.16. The van der Waals surface area contributed by atoms with Crippen molar-refractivity contribution in [2.45, 2.75) is 6.54 Å². The maximum absolute atomic E-state index is 10.9. The summed E-state index contributed by atoms with van der Waals surface area (Å²) in [5, 5.41) is 12.1. The summed E-state index contributed by atoms with van der Waals surface area (Å²) in [6.07, 6.45) is 1.36. The maximum atomic E-state index is 10.9. The molecule has 2 rings (SSSR count). The number of nitrogens with one attached hydrogen (secondary N) is 1. The first kappa shape index (κ1) is 14.9. The van der Waals surface area contributed by atoms with Crippen LogP contribution in [0.5, 0.6) is 5.75 Å². The molecule has 0 fully saturated rings. The van der Waals surface area contributed by atoms with Gasteiger partial charge in [0.25, 0.3) is 0 Å². The van der Waals surface area contributed by atoms with E-state index >= 15 is 0 Å². The van der Waals surface area contributed by atoms with E-state index in [4.69, 9.17) is 14.3 Å². The Morgan fingerprint density at radius 1 is 1.40 bits per heavy atom. The van der Waals surface area contributed by atoms with Crippen LogP contribution in [-0.2, 0) is 6.54 Å². The number of methoxy groups -OCH3 is 1. The summed E-state index contributed by atoms with van der Waals surface area (Å²) in [7, 11) is 1.58. The van der Waals surface area contributed by atoms with Crippen molar-refractivity contribution in [1.29, 1.82) is 0 Å². The van der Waals surface area contributed by atoms with Gasteiger partial charge in [0.05, 0.1) is 23.5 Å². The van der Waals surface area contributed by atoms with Crippen LogP contribution in [0.15, 0.2) is 37.8 Å². The minimum Gasteiger partial charge on any atom is -0.495 e. The zero-order chi connectivity index (χ0) is 14.7. The van der Waals surface area contributed by atoms with E-state index in [-0.39, 0.29) is 5.76 Å². The van der Waals surface area contributed by atoms with Gasteiger partial charge in [0.15, 0.2) is 0 Å². The van der Waals surface area contributed by atoms with Crippen LogP contribution in [-0.4, -0.2) is 18.2 Å². The number of benzene rings is 1. The molecule has 0 aliphatic rings. The van der Waals surface area contributed by atoms with Crippen molar-refractivity contribution in [3.8, 4) is 5.75 Å². The topological polar surface area (TPSA) is 71.7 Å². The Hall–Kier alpha value is -1.47. The minimum atomic E-state index is -1.08. The fraction of sp³-hybridized carbons (Fsp3) is 0.154. The quantitative estimate of drug-likeness (QED) is 0.784. The average molecular weight is 405 g/mol. The number of hydrogen-bond acceptors (Lipinski definition) is 4. The lowest BCUT2D eigenvalue weighted by Crippen LogP contribution is -2.05. The number of anilines is 1. The van der Waals surface area contributed by atoms with Crippen molar-refractivity contribution in [2.24, 2.45) is 0 Å². The van der Waals surface area contributed by atoms with Crippen LogP contribution >= 0.6 is 31.9 Å². The van der Waals surface area contributed by atoms with Gasteiger partial charge in [-0.1, -0.05) is 0 Å². The van der Waals surface area contributed by atoms with E-state index < -0.39 is 5.97 Å². The summed E-state index contributed by atoms with van der Waals surface area (Å²) in [4.78, 5) is 10.9. The summed E-state index contributed by atoms with van der Waals surface area (Å²) < 4.78 is 11.8. The van der Waals surface area contributed by atoms with E-state index in [1.54, 1.807) is 13.2 Å². The van der Waals surface area contributed by atoms with Crippen LogP contribution < -0.4 is 10.1 Å². The SMILES string of the molecule is COc1cc(NCc2ccoc2C(=O)O)c(Br)cc1Br. The third-order valence-electron chi connectivity index (χ3n) is 2.65. The van der Waals surface area contributed by atoms with Gasteiger partial charge >= 0.3 is 5.97 Å². The molecule has 0 atom stereocenters. The van der Waals surface area contributed by atoms with E-state index in [1.807, 2.05) is 12.1 Å². The van der Waals surface area contributed by atoms with Gasteiger partial charge in [-0.2, -0.15) is 0 Å². The summed E-state index contributed by atoms with van der Waals surface area (Å²) in [5.41, 5.74) is 1.37. The number of ether oxygens (including phenoxy) is 1. The maximum Gasteiger partial charge on any atom is 0.372 e. The molecular formula is C13H11Br2NO4. The van der Waals surface area contributed by atoms with Gasteiger partial charge in [-0.05, 0) is 44.0 Å².